The number of aliphatic carboxylic acids is 1. The molecule has 1 heterocycles. The molecule has 1 rings (SSSR count). The molecular weight excluding hydrogens is 234 g/mol. The second-order valence-corrected chi connectivity index (χ2v) is 6.31. The molecule has 0 spiro atoms. The first-order valence-electron chi connectivity index (χ1n) is 6.30. The number of piperidine rings is 1. The van der Waals surface area contributed by atoms with E-state index in [4.69, 9.17) is 4.74 Å². The van der Waals surface area contributed by atoms with Gasteiger partial charge in [0.1, 0.15) is 11.1 Å². The molecule has 5 heteroatoms. The number of hydrogen-bond donors (Lipinski definition) is 1. The summed E-state index contributed by atoms with van der Waals surface area (Å²) in [5, 5.41) is 9.38. The highest BCUT2D eigenvalue weighted by atomic mass is 16.6. The van der Waals surface area contributed by atoms with Gasteiger partial charge in [0.15, 0.2) is 0 Å². The van der Waals surface area contributed by atoms with E-state index in [1.165, 1.54) is 4.90 Å². The number of ether oxygens (including phenoxy) is 1. The molecule has 1 aliphatic rings. The van der Waals surface area contributed by atoms with Crippen molar-refractivity contribution < 1.29 is 19.4 Å². The average molecular weight is 257 g/mol. The van der Waals surface area contributed by atoms with Crippen LogP contribution in [-0.2, 0) is 9.53 Å². The molecule has 5 nitrogen and oxygen atoms in total. The maximum absolute atomic E-state index is 12.1. The Balaban J connectivity index is 2.91. The molecule has 0 aromatic rings. The van der Waals surface area contributed by atoms with Crippen LogP contribution in [0.1, 0.15) is 47.5 Å². The van der Waals surface area contributed by atoms with E-state index in [1.807, 2.05) is 6.92 Å². The van der Waals surface area contributed by atoms with Crippen molar-refractivity contribution in [3.63, 3.8) is 0 Å². The summed E-state index contributed by atoms with van der Waals surface area (Å²) in [4.78, 5) is 24.9. The van der Waals surface area contributed by atoms with Crippen molar-refractivity contribution in [1.82, 2.24) is 4.90 Å². The Morgan fingerprint density at radius 3 is 2.39 bits per heavy atom. The van der Waals surface area contributed by atoms with Gasteiger partial charge in [0.05, 0.1) is 0 Å². The van der Waals surface area contributed by atoms with Crippen LogP contribution in [0.5, 0.6) is 0 Å². The summed E-state index contributed by atoms with van der Waals surface area (Å²) in [5.41, 5.74) is -1.78. The van der Waals surface area contributed by atoms with Gasteiger partial charge in [-0.3, -0.25) is 4.90 Å². The molecule has 1 fully saturated rings. The number of likely N-dealkylation sites (tertiary alicyclic amines) is 1. The summed E-state index contributed by atoms with van der Waals surface area (Å²) in [6, 6.07) is 0. The van der Waals surface area contributed by atoms with Crippen LogP contribution < -0.4 is 0 Å². The molecule has 0 aliphatic carbocycles. The highest BCUT2D eigenvalue weighted by molar-refractivity contribution is 5.84. The first-order valence-corrected chi connectivity index (χ1v) is 6.30. The van der Waals surface area contributed by atoms with Crippen molar-refractivity contribution in [2.24, 2.45) is 5.92 Å². The van der Waals surface area contributed by atoms with Crippen LogP contribution >= 0.6 is 0 Å². The first kappa shape index (κ1) is 14.8. The van der Waals surface area contributed by atoms with E-state index in [2.05, 4.69) is 0 Å². The predicted molar refractivity (Wildman–Crippen MR) is 67.4 cm³/mol. The van der Waals surface area contributed by atoms with Gasteiger partial charge in [-0.25, -0.2) is 9.59 Å². The lowest BCUT2D eigenvalue weighted by molar-refractivity contribution is -0.153. The smallest absolute Gasteiger partial charge is 0.411 e. The van der Waals surface area contributed by atoms with Gasteiger partial charge in [-0.1, -0.05) is 6.92 Å². The summed E-state index contributed by atoms with van der Waals surface area (Å²) in [6.07, 6.45) is 0.725. The molecule has 0 aromatic heterocycles. The van der Waals surface area contributed by atoms with Crippen molar-refractivity contribution in [1.29, 1.82) is 0 Å². The van der Waals surface area contributed by atoms with Crippen LogP contribution in [0.25, 0.3) is 0 Å². The molecule has 18 heavy (non-hydrogen) atoms. The van der Waals surface area contributed by atoms with Crippen molar-refractivity contribution in [2.75, 3.05) is 6.54 Å². The third kappa shape index (κ3) is 3.15. The Labute approximate surface area is 108 Å². The lowest BCUT2D eigenvalue weighted by Crippen LogP contribution is -2.59. The first-order chi connectivity index (χ1) is 8.06. The number of carboxylic acid groups (broad SMARTS) is 1. The molecule has 1 saturated heterocycles. The fraction of sp³-hybridized carbons (Fsp3) is 0.846. The van der Waals surface area contributed by atoms with Gasteiger partial charge in [-0.2, -0.15) is 0 Å². The van der Waals surface area contributed by atoms with Crippen molar-refractivity contribution in [2.45, 2.75) is 58.6 Å². The van der Waals surface area contributed by atoms with E-state index in [0.29, 0.717) is 18.9 Å². The quantitative estimate of drug-likeness (QED) is 0.783. The highest BCUT2D eigenvalue weighted by Crippen LogP contribution is 2.33. The topological polar surface area (TPSA) is 66.8 Å². The number of carbonyl (C=O) groups is 2. The van der Waals surface area contributed by atoms with Crippen LogP contribution in [0.3, 0.4) is 0 Å². The lowest BCUT2D eigenvalue weighted by atomic mass is 9.82. The van der Waals surface area contributed by atoms with E-state index in [1.54, 1.807) is 27.7 Å². The Morgan fingerprint density at radius 2 is 1.94 bits per heavy atom. The van der Waals surface area contributed by atoms with Gasteiger partial charge >= 0.3 is 12.1 Å². The number of amides is 1. The Kier molecular flexibility index (Phi) is 3.93. The molecule has 1 amide bonds. The Bertz CT molecular complexity index is 347. The van der Waals surface area contributed by atoms with E-state index in [9.17, 15) is 14.7 Å². The number of carbonyl (C=O) groups excluding carboxylic acids is 1. The second kappa shape index (κ2) is 4.78. The molecule has 0 aromatic carbocycles. The molecule has 1 N–H and O–H groups in total. The van der Waals surface area contributed by atoms with Crippen molar-refractivity contribution >= 4 is 12.1 Å². The van der Waals surface area contributed by atoms with Crippen molar-refractivity contribution in [3.05, 3.63) is 0 Å². The maximum Gasteiger partial charge on any atom is 0.411 e. The lowest BCUT2D eigenvalue weighted by Gasteiger charge is -2.44. The third-order valence-electron chi connectivity index (χ3n) is 3.26. The molecule has 2 unspecified atom stereocenters. The number of hydrogen-bond acceptors (Lipinski definition) is 3. The van der Waals surface area contributed by atoms with Gasteiger partial charge in [-0.05, 0) is 46.5 Å². The molecule has 2 atom stereocenters. The van der Waals surface area contributed by atoms with E-state index >= 15 is 0 Å². The molecular formula is C13H23NO4. The number of rotatable bonds is 1. The minimum Gasteiger partial charge on any atom is -0.480 e. The minimum absolute atomic E-state index is 0.296. The largest absolute Gasteiger partial charge is 0.480 e. The zero-order chi connectivity index (χ0) is 14.1. The van der Waals surface area contributed by atoms with E-state index < -0.39 is 23.2 Å². The zero-order valence-corrected chi connectivity index (χ0v) is 11.8. The molecule has 1 aliphatic heterocycles. The average Bonchev–Trinajstić information content (AvgIpc) is 2.13. The van der Waals surface area contributed by atoms with Crippen LogP contribution in [-0.4, -0.2) is 39.8 Å². The molecule has 0 bridgehead atoms. The minimum atomic E-state index is -1.17. The standard InChI is InChI=1S/C13H23NO4/c1-9-6-7-14(11(17)18-12(2,3)4)13(5,8-9)10(15)16/h9H,6-8H2,1-5H3,(H,15,16). The molecule has 0 radical (unpaired) electrons. The predicted octanol–water partition coefficient (Wildman–Crippen LogP) is 2.50. The fourth-order valence-electron chi connectivity index (χ4n) is 2.30. The van der Waals surface area contributed by atoms with Gasteiger partial charge in [-0.15, -0.1) is 0 Å². The van der Waals surface area contributed by atoms with Crippen LogP contribution in [0.15, 0.2) is 0 Å². The summed E-state index contributed by atoms with van der Waals surface area (Å²) < 4.78 is 5.28. The SMILES string of the molecule is CC1CCN(C(=O)OC(C)(C)C)C(C)(C(=O)O)C1. The summed E-state index contributed by atoms with van der Waals surface area (Å²) in [5.74, 6) is -0.676. The maximum atomic E-state index is 12.1. The highest BCUT2D eigenvalue weighted by Gasteiger charge is 2.47. The Hall–Kier alpha value is -1.26. The van der Waals surface area contributed by atoms with Crippen LogP contribution in [0.2, 0.25) is 0 Å². The van der Waals surface area contributed by atoms with Gasteiger partial charge in [0.25, 0.3) is 0 Å². The van der Waals surface area contributed by atoms with Crippen LogP contribution in [0.4, 0.5) is 4.79 Å². The zero-order valence-electron chi connectivity index (χ0n) is 11.8. The third-order valence-corrected chi connectivity index (χ3v) is 3.26. The normalized spacial score (nSPS) is 28.9. The van der Waals surface area contributed by atoms with E-state index in [-0.39, 0.29) is 0 Å². The summed E-state index contributed by atoms with van der Waals surface area (Å²) >= 11 is 0. The fourth-order valence-corrected chi connectivity index (χ4v) is 2.30. The van der Waals surface area contributed by atoms with Gasteiger partial charge < -0.3 is 9.84 Å². The number of carboxylic acids is 1. The van der Waals surface area contributed by atoms with E-state index in [0.717, 1.165) is 6.42 Å². The van der Waals surface area contributed by atoms with Gasteiger partial charge in [0.2, 0.25) is 0 Å². The molecule has 0 saturated carbocycles. The molecule has 104 valence electrons. The van der Waals surface area contributed by atoms with Gasteiger partial charge in [0, 0.05) is 6.54 Å². The monoisotopic (exact) mass is 257 g/mol. The Morgan fingerprint density at radius 1 is 1.39 bits per heavy atom. The number of nitrogens with zero attached hydrogens (tertiary/aromatic N) is 1. The van der Waals surface area contributed by atoms with Crippen LogP contribution in [0, 0.1) is 5.92 Å². The summed E-state index contributed by atoms with van der Waals surface area (Å²) in [7, 11) is 0. The van der Waals surface area contributed by atoms with Crippen molar-refractivity contribution in [3.8, 4) is 0 Å². The summed E-state index contributed by atoms with van der Waals surface area (Å²) in [6.45, 7) is 9.35. The second-order valence-electron chi connectivity index (χ2n) is 6.31.